The van der Waals surface area contributed by atoms with Crippen LogP contribution in [0, 0.1) is 0 Å². The minimum Gasteiger partial charge on any atom is -0.314 e. The van der Waals surface area contributed by atoms with Crippen LogP contribution >= 0.6 is 24.0 Å². The summed E-state index contributed by atoms with van der Waals surface area (Å²) >= 11 is 6.11. The third kappa shape index (κ3) is 4.38. The number of hydrogen-bond acceptors (Lipinski definition) is 2. The Morgan fingerprint density at radius 1 is 1.32 bits per heavy atom. The molecule has 1 saturated heterocycles. The normalized spacial score (nSPS) is 17.6. The molecule has 1 aliphatic heterocycles. The van der Waals surface area contributed by atoms with Crippen molar-refractivity contribution in [2.45, 2.75) is 18.6 Å². The van der Waals surface area contributed by atoms with Gasteiger partial charge in [-0.05, 0) is 18.6 Å². The van der Waals surface area contributed by atoms with Crippen LogP contribution in [0.1, 0.15) is 23.6 Å². The van der Waals surface area contributed by atoms with Crippen LogP contribution in [-0.2, 0) is 6.18 Å². The Hall–Kier alpha value is -0.750. The predicted molar refractivity (Wildman–Crippen MR) is 85.7 cm³/mol. The standard InChI is InChI=1S/C15H18ClF3N2.ClH/c1-2-4-13(21-9-7-20-8-10-21)14-11(15(17,18)19)5-3-6-12(14)16;/h2-3,5-6,13,20H,1,4,7-10H2;1H/t13-;/m1./s1. The number of benzene rings is 1. The highest BCUT2D eigenvalue weighted by molar-refractivity contribution is 6.31. The quantitative estimate of drug-likeness (QED) is 0.810. The minimum atomic E-state index is -4.41. The van der Waals surface area contributed by atoms with Gasteiger partial charge in [0.2, 0.25) is 0 Å². The first-order valence-corrected chi connectivity index (χ1v) is 7.24. The van der Waals surface area contributed by atoms with Crippen molar-refractivity contribution in [1.82, 2.24) is 10.2 Å². The van der Waals surface area contributed by atoms with Gasteiger partial charge in [-0.2, -0.15) is 13.2 Å². The molecule has 1 aliphatic rings. The van der Waals surface area contributed by atoms with E-state index in [1.165, 1.54) is 12.1 Å². The molecule has 2 nitrogen and oxygen atoms in total. The molecular weight excluding hydrogens is 336 g/mol. The zero-order valence-corrected chi connectivity index (χ0v) is 13.6. The summed E-state index contributed by atoms with van der Waals surface area (Å²) in [6.07, 6.45) is -2.32. The molecule has 1 atom stereocenters. The van der Waals surface area contributed by atoms with Crippen LogP contribution < -0.4 is 5.32 Å². The topological polar surface area (TPSA) is 15.3 Å². The van der Waals surface area contributed by atoms with E-state index in [4.69, 9.17) is 11.6 Å². The molecule has 1 heterocycles. The van der Waals surface area contributed by atoms with Crippen LogP contribution in [0.5, 0.6) is 0 Å². The Morgan fingerprint density at radius 2 is 1.95 bits per heavy atom. The third-order valence-electron chi connectivity index (χ3n) is 3.67. The van der Waals surface area contributed by atoms with Crippen LogP contribution in [0.3, 0.4) is 0 Å². The van der Waals surface area contributed by atoms with Crippen molar-refractivity contribution in [1.29, 1.82) is 0 Å². The van der Waals surface area contributed by atoms with Crippen LogP contribution in [0.15, 0.2) is 30.9 Å². The van der Waals surface area contributed by atoms with Gasteiger partial charge in [0.1, 0.15) is 0 Å². The van der Waals surface area contributed by atoms with Crippen LogP contribution in [-0.4, -0.2) is 31.1 Å². The highest BCUT2D eigenvalue weighted by atomic mass is 35.5. The Labute approximate surface area is 139 Å². The van der Waals surface area contributed by atoms with E-state index in [1.54, 1.807) is 6.08 Å². The van der Waals surface area contributed by atoms with Gasteiger partial charge in [-0.25, -0.2) is 0 Å². The third-order valence-corrected chi connectivity index (χ3v) is 4.00. The van der Waals surface area contributed by atoms with E-state index in [-0.39, 0.29) is 23.0 Å². The molecule has 0 aromatic heterocycles. The van der Waals surface area contributed by atoms with Gasteiger partial charge in [0.15, 0.2) is 0 Å². The SMILES string of the molecule is C=CC[C@H](c1c(Cl)cccc1C(F)(F)F)N1CCNCC1.Cl. The first-order chi connectivity index (χ1) is 9.95. The first-order valence-electron chi connectivity index (χ1n) is 6.86. The monoisotopic (exact) mass is 354 g/mol. The largest absolute Gasteiger partial charge is 0.416 e. The van der Waals surface area contributed by atoms with Crippen LogP contribution in [0.25, 0.3) is 0 Å². The first kappa shape index (κ1) is 19.3. The number of nitrogens with one attached hydrogen (secondary N) is 1. The zero-order chi connectivity index (χ0) is 15.5. The Bertz CT molecular complexity index is 500. The molecule has 0 saturated carbocycles. The van der Waals surface area contributed by atoms with E-state index < -0.39 is 17.8 Å². The lowest BCUT2D eigenvalue weighted by atomic mass is 9.95. The molecule has 0 radical (unpaired) electrons. The van der Waals surface area contributed by atoms with Crippen molar-refractivity contribution in [3.8, 4) is 0 Å². The van der Waals surface area contributed by atoms with E-state index in [2.05, 4.69) is 11.9 Å². The summed E-state index contributed by atoms with van der Waals surface area (Å²) in [6.45, 7) is 6.59. The van der Waals surface area contributed by atoms with Gasteiger partial charge < -0.3 is 5.32 Å². The fraction of sp³-hybridized carbons (Fsp3) is 0.467. The van der Waals surface area contributed by atoms with Crippen molar-refractivity contribution in [3.05, 3.63) is 47.0 Å². The molecule has 0 unspecified atom stereocenters. The Morgan fingerprint density at radius 3 is 2.50 bits per heavy atom. The molecule has 124 valence electrons. The van der Waals surface area contributed by atoms with Crippen molar-refractivity contribution in [2.24, 2.45) is 0 Å². The molecule has 7 heteroatoms. The highest BCUT2D eigenvalue weighted by Gasteiger charge is 2.37. The Balaban J connectivity index is 0.00000242. The zero-order valence-electron chi connectivity index (χ0n) is 12.0. The summed E-state index contributed by atoms with van der Waals surface area (Å²) in [5.41, 5.74) is -0.492. The summed E-state index contributed by atoms with van der Waals surface area (Å²) in [4.78, 5) is 2.04. The molecule has 0 bridgehead atoms. The second kappa shape index (κ2) is 8.20. The van der Waals surface area contributed by atoms with Gasteiger partial charge in [0, 0.05) is 42.8 Å². The summed E-state index contributed by atoms with van der Waals surface area (Å²) in [7, 11) is 0. The van der Waals surface area contributed by atoms with Crippen molar-refractivity contribution in [2.75, 3.05) is 26.2 Å². The van der Waals surface area contributed by atoms with E-state index in [0.717, 1.165) is 19.2 Å². The minimum absolute atomic E-state index is 0. The fourth-order valence-corrected chi connectivity index (χ4v) is 3.02. The number of halogens is 5. The van der Waals surface area contributed by atoms with Gasteiger partial charge in [0.05, 0.1) is 5.56 Å². The van der Waals surface area contributed by atoms with Gasteiger partial charge in [0.25, 0.3) is 0 Å². The lowest BCUT2D eigenvalue weighted by Gasteiger charge is -2.36. The summed E-state index contributed by atoms with van der Waals surface area (Å²) in [5, 5.41) is 3.36. The lowest BCUT2D eigenvalue weighted by Crippen LogP contribution is -2.45. The molecule has 0 amide bonds. The summed E-state index contributed by atoms with van der Waals surface area (Å²) in [6, 6.07) is 3.57. The number of rotatable bonds is 4. The second-order valence-electron chi connectivity index (χ2n) is 5.02. The van der Waals surface area contributed by atoms with E-state index >= 15 is 0 Å². The summed E-state index contributed by atoms with van der Waals surface area (Å²) in [5.74, 6) is 0. The lowest BCUT2D eigenvalue weighted by molar-refractivity contribution is -0.138. The molecule has 2 rings (SSSR count). The van der Waals surface area contributed by atoms with Gasteiger partial charge in [-0.15, -0.1) is 19.0 Å². The van der Waals surface area contributed by atoms with E-state index in [1.807, 2.05) is 4.90 Å². The summed E-state index contributed by atoms with van der Waals surface area (Å²) < 4.78 is 39.8. The number of piperazine rings is 1. The molecule has 0 spiro atoms. The van der Waals surface area contributed by atoms with E-state index in [0.29, 0.717) is 19.5 Å². The molecule has 1 fully saturated rings. The molecule has 0 aliphatic carbocycles. The molecule has 1 aromatic rings. The average Bonchev–Trinajstić information content (AvgIpc) is 2.45. The van der Waals surface area contributed by atoms with Gasteiger partial charge in [-0.3, -0.25) is 4.90 Å². The maximum absolute atomic E-state index is 13.3. The number of alkyl halides is 3. The van der Waals surface area contributed by atoms with Crippen LogP contribution in [0.4, 0.5) is 13.2 Å². The highest BCUT2D eigenvalue weighted by Crippen LogP contribution is 2.41. The van der Waals surface area contributed by atoms with Gasteiger partial charge in [-0.1, -0.05) is 23.7 Å². The molecule has 1 N–H and O–H groups in total. The predicted octanol–water partition coefficient (Wildman–Crippen LogP) is 4.30. The van der Waals surface area contributed by atoms with Crippen molar-refractivity contribution in [3.63, 3.8) is 0 Å². The maximum atomic E-state index is 13.3. The smallest absolute Gasteiger partial charge is 0.314 e. The van der Waals surface area contributed by atoms with Crippen molar-refractivity contribution < 1.29 is 13.2 Å². The van der Waals surface area contributed by atoms with Gasteiger partial charge >= 0.3 is 6.18 Å². The molecular formula is C15H19Cl2F3N2. The fourth-order valence-electron chi connectivity index (χ4n) is 2.72. The maximum Gasteiger partial charge on any atom is 0.416 e. The van der Waals surface area contributed by atoms with Crippen molar-refractivity contribution >= 4 is 24.0 Å². The number of nitrogens with zero attached hydrogens (tertiary/aromatic N) is 1. The van der Waals surface area contributed by atoms with E-state index in [9.17, 15) is 13.2 Å². The average molecular weight is 355 g/mol. The van der Waals surface area contributed by atoms with Crippen LogP contribution in [0.2, 0.25) is 5.02 Å². The second-order valence-corrected chi connectivity index (χ2v) is 5.43. The molecule has 22 heavy (non-hydrogen) atoms. The number of hydrogen-bond donors (Lipinski definition) is 1. The molecule has 1 aromatic carbocycles. The Kier molecular flexibility index (Phi) is 7.19.